The highest BCUT2D eigenvalue weighted by molar-refractivity contribution is 6.18. The molecule has 0 aromatic heterocycles. The van der Waals surface area contributed by atoms with Crippen molar-refractivity contribution in [1.29, 1.82) is 0 Å². The first kappa shape index (κ1) is 12.3. The highest BCUT2D eigenvalue weighted by Gasteiger charge is 2.21. The van der Waals surface area contributed by atoms with Gasteiger partial charge in [-0.1, -0.05) is 35.9 Å². The SMILES string of the molecule is Cc1ccc(OC(=O)C2=CNOc3ccccc32)cc1. The molecule has 1 N–H and O–H groups in total. The fraction of sp³-hybridized carbons (Fsp3) is 0.0625. The zero-order valence-corrected chi connectivity index (χ0v) is 10.9. The Bertz CT molecular complexity index is 674. The van der Waals surface area contributed by atoms with Crippen LogP contribution < -0.4 is 15.1 Å². The van der Waals surface area contributed by atoms with E-state index in [9.17, 15) is 4.79 Å². The maximum Gasteiger partial charge on any atom is 0.345 e. The van der Waals surface area contributed by atoms with Crippen LogP contribution in [0.4, 0.5) is 0 Å². The summed E-state index contributed by atoms with van der Waals surface area (Å²) in [5, 5.41) is 0. The Hall–Kier alpha value is -2.75. The quantitative estimate of drug-likeness (QED) is 0.671. The first-order valence-electron chi connectivity index (χ1n) is 6.25. The third kappa shape index (κ3) is 2.36. The fourth-order valence-electron chi connectivity index (χ4n) is 1.94. The number of carbonyl (C=O) groups excluding carboxylic acids is 1. The normalized spacial score (nSPS) is 12.6. The Morgan fingerprint density at radius 2 is 1.85 bits per heavy atom. The summed E-state index contributed by atoms with van der Waals surface area (Å²) < 4.78 is 5.36. The van der Waals surface area contributed by atoms with Gasteiger partial charge in [-0.3, -0.25) is 0 Å². The molecule has 4 heteroatoms. The van der Waals surface area contributed by atoms with E-state index in [-0.39, 0.29) is 0 Å². The zero-order valence-electron chi connectivity index (χ0n) is 10.9. The molecule has 100 valence electrons. The number of rotatable bonds is 2. The third-order valence-electron chi connectivity index (χ3n) is 3.00. The molecular formula is C16H13NO3. The Morgan fingerprint density at radius 3 is 2.65 bits per heavy atom. The van der Waals surface area contributed by atoms with E-state index >= 15 is 0 Å². The van der Waals surface area contributed by atoms with Crippen LogP contribution in [0.1, 0.15) is 11.1 Å². The lowest BCUT2D eigenvalue weighted by molar-refractivity contribution is -0.128. The number of esters is 1. The van der Waals surface area contributed by atoms with E-state index in [1.807, 2.05) is 37.3 Å². The van der Waals surface area contributed by atoms with Gasteiger partial charge in [0.15, 0.2) is 5.75 Å². The van der Waals surface area contributed by atoms with Gasteiger partial charge in [-0.2, -0.15) is 0 Å². The van der Waals surface area contributed by atoms with Gasteiger partial charge in [-0.25, -0.2) is 10.3 Å². The molecule has 0 spiro atoms. The van der Waals surface area contributed by atoms with E-state index in [0.717, 1.165) is 5.56 Å². The van der Waals surface area contributed by atoms with Crippen molar-refractivity contribution in [2.75, 3.05) is 0 Å². The Balaban J connectivity index is 1.84. The number of fused-ring (bicyclic) bond motifs is 1. The van der Waals surface area contributed by atoms with E-state index in [1.165, 1.54) is 6.20 Å². The average Bonchev–Trinajstić information content (AvgIpc) is 2.49. The van der Waals surface area contributed by atoms with Crippen LogP contribution in [0, 0.1) is 6.92 Å². The van der Waals surface area contributed by atoms with E-state index < -0.39 is 5.97 Å². The molecule has 0 saturated heterocycles. The highest BCUT2D eigenvalue weighted by Crippen LogP contribution is 2.29. The third-order valence-corrected chi connectivity index (χ3v) is 3.00. The molecule has 0 fully saturated rings. The molecular weight excluding hydrogens is 254 g/mol. The molecule has 0 unspecified atom stereocenters. The molecule has 0 aliphatic carbocycles. The minimum Gasteiger partial charge on any atom is -0.423 e. The molecule has 2 aromatic carbocycles. The van der Waals surface area contributed by atoms with Crippen LogP contribution in [0.2, 0.25) is 0 Å². The number of carbonyl (C=O) groups is 1. The number of hydrogen-bond acceptors (Lipinski definition) is 4. The van der Waals surface area contributed by atoms with Gasteiger partial charge in [-0.15, -0.1) is 0 Å². The lowest BCUT2D eigenvalue weighted by atomic mass is 10.1. The molecule has 0 radical (unpaired) electrons. The predicted molar refractivity (Wildman–Crippen MR) is 75.0 cm³/mol. The minimum atomic E-state index is -0.419. The largest absolute Gasteiger partial charge is 0.423 e. The number of hydroxylamine groups is 1. The molecule has 1 aliphatic heterocycles. The van der Waals surface area contributed by atoms with Crippen molar-refractivity contribution in [3.05, 3.63) is 65.9 Å². The Labute approximate surface area is 116 Å². The Kier molecular flexibility index (Phi) is 3.13. The van der Waals surface area contributed by atoms with E-state index in [1.54, 1.807) is 18.2 Å². The van der Waals surface area contributed by atoms with Gasteiger partial charge >= 0.3 is 5.97 Å². The van der Waals surface area contributed by atoms with Gasteiger partial charge in [0.1, 0.15) is 5.75 Å². The lowest BCUT2D eigenvalue weighted by Crippen LogP contribution is -2.22. The van der Waals surface area contributed by atoms with E-state index in [0.29, 0.717) is 22.6 Å². The van der Waals surface area contributed by atoms with Crippen molar-refractivity contribution in [1.82, 2.24) is 5.48 Å². The summed E-state index contributed by atoms with van der Waals surface area (Å²) in [6.45, 7) is 1.98. The number of benzene rings is 2. The van der Waals surface area contributed by atoms with Gasteiger partial charge in [0.2, 0.25) is 0 Å². The van der Waals surface area contributed by atoms with Gasteiger partial charge in [0.05, 0.1) is 11.8 Å². The van der Waals surface area contributed by atoms with Crippen LogP contribution in [0.25, 0.3) is 5.57 Å². The van der Waals surface area contributed by atoms with Crippen molar-refractivity contribution in [3.8, 4) is 11.5 Å². The molecule has 0 atom stereocenters. The van der Waals surface area contributed by atoms with Crippen LogP contribution >= 0.6 is 0 Å². The van der Waals surface area contributed by atoms with E-state index in [2.05, 4.69) is 5.48 Å². The highest BCUT2D eigenvalue weighted by atomic mass is 16.6. The first-order valence-corrected chi connectivity index (χ1v) is 6.25. The molecule has 1 aliphatic rings. The monoisotopic (exact) mass is 267 g/mol. The van der Waals surface area contributed by atoms with Crippen molar-refractivity contribution >= 4 is 11.5 Å². The number of para-hydroxylation sites is 1. The van der Waals surface area contributed by atoms with Gasteiger partial charge < -0.3 is 9.57 Å². The summed E-state index contributed by atoms with van der Waals surface area (Å²) in [5.41, 5.74) is 4.87. The molecule has 1 heterocycles. The molecule has 0 saturated carbocycles. The summed E-state index contributed by atoms with van der Waals surface area (Å²) in [6.07, 6.45) is 1.50. The standard InChI is InChI=1S/C16H13NO3/c1-11-6-8-12(9-7-11)19-16(18)14-10-17-20-15-5-3-2-4-13(14)15/h2-10,17H,1H3. The average molecular weight is 267 g/mol. The summed E-state index contributed by atoms with van der Waals surface area (Å²) >= 11 is 0. The van der Waals surface area contributed by atoms with Crippen molar-refractivity contribution in [2.45, 2.75) is 6.92 Å². The number of hydrogen-bond donors (Lipinski definition) is 1. The predicted octanol–water partition coefficient (Wildman–Crippen LogP) is 2.84. The van der Waals surface area contributed by atoms with Crippen LogP contribution in [-0.4, -0.2) is 5.97 Å². The van der Waals surface area contributed by atoms with Crippen LogP contribution in [0.5, 0.6) is 11.5 Å². The van der Waals surface area contributed by atoms with Gasteiger partial charge in [0.25, 0.3) is 0 Å². The van der Waals surface area contributed by atoms with Crippen LogP contribution in [-0.2, 0) is 4.79 Å². The topological polar surface area (TPSA) is 47.6 Å². The van der Waals surface area contributed by atoms with Crippen LogP contribution in [0.15, 0.2) is 54.7 Å². The second-order valence-electron chi connectivity index (χ2n) is 4.48. The summed E-state index contributed by atoms with van der Waals surface area (Å²) in [4.78, 5) is 17.5. The number of ether oxygens (including phenoxy) is 1. The molecule has 2 aromatic rings. The van der Waals surface area contributed by atoms with Crippen molar-refractivity contribution in [3.63, 3.8) is 0 Å². The van der Waals surface area contributed by atoms with Gasteiger partial charge in [-0.05, 0) is 25.1 Å². The zero-order chi connectivity index (χ0) is 13.9. The summed E-state index contributed by atoms with van der Waals surface area (Å²) in [5.74, 6) is 0.702. The second kappa shape index (κ2) is 5.09. The molecule has 0 amide bonds. The maximum absolute atomic E-state index is 12.2. The summed E-state index contributed by atoms with van der Waals surface area (Å²) in [6, 6.07) is 14.6. The van der Waals surface area contributed by atoms with Crippen LogP contribution in [0.3, 0.4) is 0 Å². The molecule has 0 bridgehead atoms. The fourth-order valence-corrected chi connectivity index (χ4v) is 1.94. The first-order chi connectivity index (χ1) is 9.74. The lowest BCUT2D eigenvalue weighted by Gasteiger charge is -2.17. The maximum atomic E-state index is 12.2. The van der Waals surface area contributed by atoms with Gasteiger partial charge in [0, 0.05) is 5.56 Å². The van der Waals surface area contributed by atoms with E-state index in [4.69, 9.17) is 9.57 Å². The number of aryl methyl sites for hydroxylation is 1. The smallest absolute Gasteiger partial charge is 0.345 e. The van der Waals surface area contributed by atoms with Crippen molar-refractivity contribution in [2.24, 2.45) is 0 Å². The van der Waals surface area contributed by atoms with Crippen molar-refractivity contribution < 1.29 is 14.4 Å². The number of nitrogens with one attached hydrogen (secondary N) is 1. The second-order valence-corrected chi connectivity index (χ2v) is 4.48. The summed E-state index contributed by atoms with van der Waals surface area (Å²) in [7, 11) is 0. The molecule has 4 nitrogen and oxygen atoms in total. The molecule has 20 heavy (non-hydrogen) atoms. The Morgan fingerprint density at radius 1 is 1.10 bits per heavy atom. The molecule has 3 rings (SSSR count). The minimum absolute atomic E-state index is 0.419.